The normalized spacial score (nSPS) is 14.6. The molecule has 1 N–H and O–H groups in total. The molecule has 0 radical (unpaired) electrons. The highest BCUT2D eigenvalue weighted by Gasteiger charge is 2.18. The predicted molar refractivity (Wildman–Crippen MR) is 108 cm³/mol. The number of halogens is 1. The Hall–Kier alpha value is -2.14. The number of hydrogen-bond donors (Lipinski definition) is 1. The van der Waals surface area contributed by atoms with Crippen LogP contribution in [0.4, 0.5) is 5.69 Å². The van der Waals surface area contributed by atoms with E-state index in [1.165, 1.54) is 12.8 Å². The molecule has 136 valence electrons. The lowest BCUT2D eigenvalue weighted by molar-refractivity contribution is 0.0761. The molecule has 2 amide bonds. The van der Waals surface area contributed by atoms with E-state index >= 15 is 0 Å². The summed E-state index contributed by atoms with van der Waals surface area (Å²) in [5.41, 5.74) is 2.90. The third-order valence-corrected chi connectivity index (χ3v) is 5.55. The number of rotatable bonds is 3. The van der Waals surface area contributed by atoms with E-state index in [-0.39, 0.29) is 11.8 Å². The molecule has 0 spiro atoms. The number of likely N-dealkylation sites (tertiary alicyclic amines) is 1. The van der Waals surface area contributed by atoms with Crippen molar-refractivity contribution in [1.82, 2.24) is 4.90 Å². The number of aryl methyl sites for hydroxylation is 1. The third-order valence-electron chi connectivity index (χ3n) is 4.69. The SMILES string of the molecule is Cc1ccc(C(=O)Nc2cccc(C(=O)N3CCCCCC3)c2)cc1Br. The van der Waals surface area contributed by atoms with Crippen molar-refractivity contribution in [2.75, 3.05) is 18.4 Å². The molecule has 4 nitrogen and oxygen atoms in total. The summed E-state index contributed by atoms with van der Waals surface area (Å²) in [6.07, 6.45) is 4.49. The van der Waals surface area contributed by atoms with Crippen LogP contribution in [0.1, 0.15) is 52.0 Å². The standard InChI is InChI=1S/C21H23BrN2O2/c1-15-9-10-16(14-19(15)22)20(25)23-18-8-6-7-17(13-18)21(26)24-11-4-2-3-5-12-24/h6-10,13-14H,2-5,11-12H2,1H3,(H,23,25). The highest BCUT2D eigenvalue weighted by Crippen LogP contribution is 2.20. The Morgan fingerprint density at radius 1 is 0.962 bits per heavy atom. The zero-order chi connectivity index (χ0) is 18.5. The molecule has 0 aliphatic carbocycles. The van der Waals surface area contributed by atoms with E-state index in [1.54, 1.807) is 24.3 Å². The van der Waals surface area contributed by atoms with Crippen molar-refractivity contribution >= 4 is 33.4 Å². The number of nitrogens with zero attached hydrogens (tertiary/aromatic N) is 1. The first-order valence-electron chi connectivity index (χ1n) is 9.01. The second-order valence-corrected chi connectivity index (χ2v) is 7.56. The van der Waals surface area contributed by atoms with Gasteiger partial charge >= 0.3 is 0 Å². The Balaban J connectivity index is 1.73. The van der Waals surface area contributed by atoms with E-state index in [0.29, 0.717) is 16.8 Å². The minimum absolute atomic E-state index is 0.0427. The summed E-state index contributed by atoms with van der Waals surface area (Å²) in [5, 5.41) is 2.88. The summed E-state index contributed by atoms with van der Waals surface area (Å²) in [4.78, 5) is 27.1. The highest BCUT2D eigenvalue weighted by molar-refractivity contribution is 9.10. The Morgan fingerprint density at radius 2 is 1.69 bits per heavy atom. The van der Waals surface area contributed by atoms with Gasteiger partial charge in [-0.1, -0.05) is 40.9 Å². The summed E-state index contributed by atoms with van der Waals surface area (Å²) in [6.45, 7) is 3.60. The Labute approximate surface area is 162 Å². The van der Waals surface area contributed by atoms with Gasteiger partial charge in [0.15, 0.2) is 0 Å². The molecule has 3 rings (SSSR count). The van der Waals surface area contributed by atoms with Gasteiger partial charge < -0.3 is 10.2 Å². The van der Waals surface area contributed by atoms with E-state index < -0.39 is 0 Å². The number of benzene rings is 2. The predicted octanol–water partition coefficient (Wildman–Crippen LogP) is 5.03. The quantitative estimate of drug-likeness (QED) is 0.765. The maximum absolute atomic E-state index is 12.7. The van der Waals surface area contributed by atoms with Crippen LogP contribution in [0.3, 0.4) is 0 Å². The molecule has 1 aliphatic heterocycles. The van der Waals surface area contributed by atoms with Gasteiger partial charge in [-0.05, 0) is 55.7 Å². The number of carbonyl (C=O) groups excluding carboxylic acids is 2. The third kappa shape index (κ3) is 4.52. The van der Waals surface area contributed by atoms with Gasteiger partial charge in [0.05, 0.1) is 0 Å². The number of nitrogens with one attached hydrogen (secondary N) is 1. The van der Waals surface area contributed by atoms with Crippen LogP contribution in [0, 0.1) is 6.92 Å². The zero-order valence-corrected chi connectivity index (χ0v) is 16.5. The molecule has 0 atom stereocenters. The van der Waals surface area contributed by atoms with Gasteiger partial charge in [-0.3, -0.25) is 9.59 Å². The summed E-state index contributed by atoms with van der Waals surface area (Å²) >= 11 is 3.45. The van der Waals surface area contributed by atoms with Crippen LogP contribution in [0.5, 0.6) is 0 Å². The van der Waals surface area contributed by atoms with Crippen molar-refractivity contribution in [3.63, 3.8) is 0 Å². The van der Waals surface area contributed by atoms with Gasteiger partial charge in [0, 0.05) is 34.4 Å². The van der Waals surface area contributed by atoms with Crippen molar-refractivity contribution in [3.8, 4) is 0 Å². The number of carbonyl (C=O) groups is 2. The van der Waals surface area contributed by atoms with Gasteiger partial charge in [-0.15, -0.1) is 0 Å². The molecule has 2 aromatic carbocycles. The lowest BCUT2D eigenvalue weighted by Gasteiger charge is -2.20. The molecule has 26 heavy (non-hydrogen) atoms. The fourth-order valence-corrected chi connectivity index (χ4v) is 3.50. The largest absolute Gasteiger partial charge is 0.339 e. The van der Waals surface area contributed by atoms with Gasteiger partial charge in [0.2, 0.25) is 0 Å². The van der Waals surface area contributed by atoms with E-state index in [4.69, 9.17) is 0 Å². The Kier molecular flexibility index (Phi) is 6.09. The van der Waals surface area contributed by atoms with E-state index in [9.17, 15) is 9.59 Å². The summed E-state index contributed by atoms with van der Waals surface area (Å²) in [5.74, 6) is -0.147. The molecule has 0 saturated carbocycles. The first-order chi connectivity index (χ1) is 12.5. The second-order valence-electron chi connectivity index (χ2n) is 6.71. The average molecular weight is 415 g/mol. The molecular formula is C21H23BrN2O2. The van der Waals surface area contributed by atoms with Crippen LogP contribution < -0.4 is 5.32 Å². The van der Waals surface area contributed by atoms with Crippen LogP contribution in [0.2, 0.25) is 0 Å². The fourth-order valence-electron chi connectivity index (χ4n) is 3.12. The van der Waals surface area contributed by atoms with E-state index in [2.05, 4.69) is 21.2 Å². The van der Waals surface area contributed by atoms with E-state index in [1.807, 2.05) is 30.0 Å². The lowest BCUT2D eigenvalue weighted by Crippen LogP contribution is -2.31. The monoisotopic (exact) mass is 414 g/mol. The van der Waals surface area contributed by atoms with Crippen molar-refractivity contribution < 1.29 is 9.59 Å². The molecule has 2 aromatic rings. The fraction of sp³-hybridized carbons (Fsp3) is 0.333. The maximum atomic E-state index is 12.7. The smallest absolute Gasteiger partial charge is 0.255 e. The van der Waals surface area contributed by atoms with E-state index in [0.717, 1.165) is 36.0 Å². The van der Waals surface area contributed by atoms with Crippen molar-refractivity contribution in [2.45, 2.75) is 32.6 Å². The summed E-state index contributed by atoms with van der Waals surface area (Å²) < 4.78 is 0.898. The Bertz CT molecular complexity index is 811. The zero-order valence-electron chi connectivity index (χ0n) is 14.9. The number of hydrogen-bond acceptors (Lipinski definition) is 2. The first-order valence-corrected chi connectivity index (χ1v) is 9.81. The van der Waals surface area contributed by atoms with Crippen molar-refractivity contribution in [1.29, 1.82) is 0 Å². The lowest BCUT2D eigenvalue weighted by atomic mass is 10.1. The topological polar surface area (TPSA) is 49.4 Å². The number of amides is 2. The molecule has 5 heteroatoms. The molecule has 0 unspecified atom stereocenters. The van der Waals surface area contributed by atoms with Crippen LogP contribution in [-0.2, 0) is 0 Å². The molecule has 1 heterocycles. The summed E-state index contributed by atoms with van der Waals surface area (Å²) in [7, 11) is 0. The van der Waals surface area contributed by atoms with Crippen LogP contribution in [0.15, 0.2) is 46.9 Å². The molecule has 0 aromatic heterocycles. The van der Waals surface area contributed by atoms with Crippen molar-refractivity contribution in [2.24, 2.45) is 0 Å². The minimum Gasteiger partial charge on any atom is -0.339 e. The van der Waals surface area contributed by atoms with Crippen molar-refractivity contribution in [3.05, 3.63) is 63.6 Å². The van der Waals surface area contributed by atoms with Crippen LogP contribution >= 0.6 is 15.9 Å². The minimum atomic E-state index is -0.190. The average Bonchev–Trinajstić information content (AvgIpc) is 2.93. The van der Waals surface area contributed by atoms with Gasteiger partial charge in [0.1, 0.15) is 0 Å². The molecule has 1 saturated heterocycles. The van der Waals surface area contributed by atoms with Gasteiger partial charge in [-0.2, -0.15) is 0 Å². The van der Waals surface area contributed by atoms with Crippen LogP contribution in [-0.4, -0.2) is 29.8 Å². The highest BCUT2D eigenvalue weighted by atomic mass is 79.9. The summed E-state index contributed by atoms with van der Waals surface area (Å²) in [6, 6.07) is 12.7. The second kappa shape index (κ2) is 8.49. The Morgan fingerprint density at radius 3 is 2.38 bits per heavy atom. The first kappa shape index (κ1) is 18.6. The number of anilines is 1. The molecular weight excluding hydrogens is 392 g/mol. The molecule has 0 bridgehead atoms. The molecule has 1 aliphatic rings. The van der Waals surface area contributed by atoms with Crippen LogP contribution in [0.25, 0.3) is 0 Å². The molecule has 1 fully saturated rings. The van der Waals surface area contributed by atoms with Gasteiger partial charge in [-0.25, -0.2) is 0 Å². The maximum Gasteiger partial charge on any atom is 0.255 e. The van der Waals surface area contributed by atoms with Gasteiger partial charge in [0.25, 0.3) is 11.8 Å².